The molecule has 1 atom stereocenters. The van der Waals surface area contributed by atoms with Crippen molar-refractivity contribution < 1.29 is 5.11 Å². The molecule has 0 amide bonds. The standard InChI is InChI=1S/C40H54O/c1-32(2)17-12-20-35(5)23-14-25-36(6)24-13-21-33(3)18-10-11-19-34(4)22-15-26-37(7)28-29-39-38(8)27-16-30-40(39,9)31-41/h10-15,17-26,28-29,41H,16,27,30-31H2,1-9H3/b11-10+,20-12+,21-13+,22-15+,25-14+,29-28+,33-18+,34-19+,35-23+,36-24+,37-26+/t40-/m1/s1. The number of hydrogen-bond donors (Lipinski definition) is 1. The molecule has 0 aromatic rings. The summed E-state index contributed by atoms with van der Waals surface area (Å²) in [5.41, 5.74) is 9.90. The van der Waals surface area contributed by atoms with Crippen LogP contribution in [0.15, 0.2) is 154 Å². The first-order valence-electron chi connectivity index (χ1n) is 14.8. The predicted octanol–water partition coefficient (Wildman–Crippen LogP) is 11.5. The molecule has 0 aromatic heterocycles. The van der Waals surface area contributed by atoms with Crippen molar-refractivity contribution in [1.29, 1.82) is 0 Å². The fraction of sp³-hybridized carbons (Fsp3) is 0.350. The van der Waals surface area contributed by atoms with Crippen molar-refractivity contribution >= 4 is 0 Å². The molecule has 0 aliphatic heterocycles. The maximum absolute atomic E-state index is 9.93. The molecule has 0 radical (unpaired) electrons. The minimum atomic E-state index is -0.115. The molecule has 1 heteroatoms. The Kier molecular flexibility index (Phi) is 17.0. The number of rotatable bonds is 13. The van der Waals surface area contributed by atoms with E-state index in [4.69, 9.17) is 0 Å². The predicted molar refractivity (Wildman–Crippen MR) is 185 cm³/mol. The van der Waals surface area contributed by atoms with Gasteiger partial charge in [0.2, 0.25) is 0 Å². The monoisotopic (exact) mass is 550 g/mol. The second-order valence-corrected chi connectivity index (χ2v) is 11.7. The Bertz CT molecular complexity index is 1250. The average molecular weight is 551 g/mol. The highest BCUT2D eigenvalue weighted by atomic mass is 16.3. The molecule has 1 N–H and O–H groups in total. The highest BCUT2D eigenvalue weighted by Gasteiger charge is 2.30. The van der Waals surface area contributed by atoms with E-state index in [1.54, 1.807) is 0 Å². The molecule has 0 bridgehead atoms. The molecule has 0 fully saturated rings. The van der Waals surface area contributed by atoms with Crippen LogP contribution in [0.4, 0.5) is 0 Å². The van der Waals surface area contributed by atoms with E-state index in [-0.39, 0.29) is 12.0 Å². The molecular formula is C40H54O. The van der Waals surface area contributed by atoms with Gasteiger partial charge in [0, 0.05) is 5.41 Å². The third-order valence-corrected chi connectivity index (χ3v) is 7.02. The van der Waals surface area contributed by atoms with Gasteiger partial charge >= 0.3 is 0 Å². The molecule has 1 aliphatic carbocycles. The first-order valence-corrected chi connectivity index (χ1v) is 14.8. The molecule has 41 heavy (non-hydrogen) atoms. The molecule has 0 unspecified atom stereocenters. The van der Waals surface area contributed by atoms with Crippen LogP contribution in [0.2, 0.25) is 0 Å². The van der Waals surface area contributed by atoms with Crippen molar-refractivity contribution in [1.82, 2.24) is 0 Å². The molecule has 0 aromatic carbocycles. The Balaban J connectivity index is 2.63. The minimum Gasteiger partial charge on any atom is -0.395 e. The van der Waals surface area contributed by atoms with Gasteiger partial charge in [-0.15, -0.1) is 0 Å². The van der Waals surface area contributed by atoms with Crippen LogP contribution in [0.3, 0.4) is 0 Å². The van der Waals surface area contributed by atoms with Crippen LogP contribution in [0, 0.1) is 5.41 Å². The maximum Gasteiger partial charge on any atom is 0.0525 e. The summed E-state index contributed by atoms with van der Waals surface area (Å²) in [5, 5.41) is 9.93. The molecule has 220 valence electrons. The molecule has 1 nitrogen and oxygen atoms in total. The van der Waals surface area contributed by atoms with Crippen molar-refractivity contribution in [2.75, 3.05) is 6.61 Å². The number of hydrogen-bond acceptors (Lipinski definition) is 1. The van der Waals surface area contributed by atoms with Crippen LogP contribution < -0.4 is 0 Å². The summed E-state index contributed by atoms with van der Waals surface area (Å²) in [6, 6.07) is 0. The number of allylic oxidation sites excluding steroid dienone is 25. The first-order chi connectivity index (χ1) is 19.5. The smallest absolute Gasteiger partial charge is 0.0525 e. The Morgan fingerprint density at radius 1 is 0.610 bits per heavy atom. The Morgan fingerprint density at radius 3 is 1.41 bits per heavy atom. The summed E-state index contributed by atoms with van der Waals surface area (Å²) in [7, 11) is 0. The van der Waals surface area contributed by atoms with Crippen molar-refractivity contribution in [3.05, 3.63) is 154 Å². The zero-order chi connectivity index (χ0) is 30.7. The van der Waals surface area contributed by atoms with E-state index in [9.17, 15) is 5.11 Å². The minimum absolute atomic E-state index is 0.115. The van der Waals surface area contributed by atoms with Gasteiger partial charge in [-0.2, -0.15) is 0 Å². The zero-order valence-corrected chi connectivity index (χ0v) is 27.2. The second kappa shape index (κ2) is 19.6. The van der Waals surface area contributed by atoms with Crippen molar-refractivity contribution in [3.8, 4) is 0 Å². The summed E-state index contributed by atoms with van der Waals surface area (Å²) in [6.07, 6.45) is 41.4. The third kappa shape index (κ3) is 15.8. The van der Waals surface area contributed by atoms with Crippen LogP contribution in [0.5, 0.6) is 0 Å². The molecule has 1 rings (SSSR count). The van der Waals surface area contributed by atoms with Gasteiger partial charge < -0.3 is 5.11 Å². The van der Waals surface area contributed by atoms with Crippen molar-refractivity contribution in [2.24, 2.45) is 5.41 Å². The SMILES string of the molecule is CC(C)=C/C=C/C(C)=C/C=C/C(C)=C/C=C/C(C)=C/C=C/C=C(C)/C=C/C=C(C)/C=C/C1=C(C)CCC[C@]1(C)CO. The first kappa shape index (κ1) is 35.6. The Labute approximate surface area is 252 Å². The van der Waals surface area contributed by atoms with E-state index < -0.39 is 0 Å². The van der Waals surface area contributed by atoms with Crippen LogP contribution in [0.1, 0.15) is 81.6 Å². The molecule has 0 heterocycles. The molecule has 1 aliphatic rings. The van der Waals surface area contributed by atoms with Gasteiger partial charge in [0.1, 0.15) is 0 Å². The summed E-state index contributed by atoms with van der Waals surface area (Å²) >= 11 is 0. The maximum atomic E-state index is 9.93. The second-order valence-electron chi connectivity index (χ2n) is 11.7. The van der Waals surface area contributed by atoms with E-state index in [1.807, 2.05) is 0 Å². The van der Waals surface area contributed by atoms with Crippen LogP contribution in [-0.2, 0) is 0 Å². The van der Waals surface area contributed by atoms with Crippen LogP contribution in [0.25, 0.3) is 0 Å². The van der Waals surface area contributed by atoms with Gasteiger partial charge in [0.05, 0.1) is 6.61 Å². The van der Waals surface area contributed by atoms with E-state index in [2.05, 4.69) is 172 Å². The normalized spacial score (nSPS) is 20.9. The molecule has 0 saturated carbocycles. The number of aliphatic hydroxyl groups is 1. The fourth-order valence-electron chi connectivity index (χ4n) is 4.39. The van der Waals surface area contributed by atoms with Crippen LogP contribution >= 0.6 is 0 Å². The fourth-order valence-corrected chi connectivity index (χ4v) is 4.39. The lowest BCUT2D eigenvalue weighted by Crippen LogP contribution is -2.27. The molecular weight excluding hydrogens is 496 g/mol. The highest BCUT2D eigenvalue weighted by molar-refractivity contribution is 5.38. The summed E-state index contributed by atoms with van der Waals surface area (Å²) in [6.45, 7) is 19.3. The lowest BCUT2D eigenvalue weighted by molar-refractivity contribution is 0.159. The van der Waals surface area contributed by atoms with Gasteiger partial charge in [-0.3, -0.25) is 0 Å². The Morgan fingerprint density at radius 2 is 1.00 bits per heavy atom. The van der Waals surface area contributed by atoms with Crippen LogP contribution in [-0.4, -0.2) is 11.7 Å². The molecule has 0 spiro atoms. The average Bonchev–Trinajstić information content (AvgIpc) is 2.90. The molecule has 0 saturated heterocycles. The summed E-state index contributed by atoms with van der Waals surface area (Å²) in [4.78, 5) is 0. The lowest BCUT2D eigenvalue weighted by Gasteiger charge is -2.34. The zero-order valence-electron chi connectivity index (χ0n) is 27.2. The van der Waals surface area contributed by atoms with E-state index in [0.29, 0.717) is 0 Å². The largest absolute Gasteiger partial charge is 0.395 e. The lowest BCUT2D eigenvalue weighted by atomic mass is 9.71. The quantitative estimate of drug-likeness (QED) is 0.226. The van der Waals surface area contributed by atoms with Gasteiger partial charge in [0.15, 0.2) is 0 Å². The van der Waals surface area contributed by atoms with Gasteiger partial charge in [-0.25, -0.2) is 0 Å². The van der Waals surface area contributed by atoms with Gasteiger partial charge in [0.25, 0.3) is 0 Å². The number of aliphatic hydroxyl groups excluding tert-OH is 1. The van der Waals surface area contributed by atoms with Gasteiger partial charge in [-0.05, 0) is 80.2 Å². The van der Waals surface area contributed by atoms with Gasteiger partial charge in [-0.1, -0.05) is 155 Å². The summed E-state index contributed by atoms with van der Waals surface area (Å²) < 4.78 is 0. The Hall–Kier alpha value is -3.42. The van der Waals surface area contributed by atoms with Crippen molar-refractivity contribution in [2.45, 2.75) is 81.6 Å². The summed E-state index contributed by atoms with van der Waals surface area (Å²) in [5.74, 6) is 0. The van der Waals surface area contributed by atoms with Crippen molar-refractivity contribution in [3.63, 3.8) is 0 Å². The highest BCUT2D eigenvalue weighted by Crippen LogP contribution is 2.40. The van der Waals surface area contributed by atoms with E-state index in [0.717, 1.165) is 19.3 Å². The third-order valence-electron chi connectivity index (χ3n) is 7.02. The van der Waals surface area contributed by atoms with E-state index >= 15 is 0 Å². The van der Waals surface area contributed by atoms with E-state index in [1.165, 1.54) is 44.6 Å². The topological polar surface area (TPSA) is 20.2 Å².